The van der Waals surface area contributed by atoms with Gasteiger partial charge in [-0.05, 0) is 23.6 Å². The smallest absolute Gasteiger partial charge is 0.322 e. The van der Waals surface area contributed by atoms with Gasteiger partial charge in [-0.25, -0.2) is 4.79 Å². The van der Waals surface area contributed by atoms with Gasteiger partial charge in [-0.15, -0.1) is 0 Å². The molecule has 1 unspecified atom stereocenters. The highest BCUT2D eigenvalue weighted by atomic mass is 16.1. The second-order valence-electron chi connectivity index (χ2n) is 6.38. The maximum absolute atomic E-state index is 13.0. The monoisotopic (exact) mass is 321 g/mol. The average molecular weight is 321 g/mol. The topological polar surface area (TPSA) is 52.9 Å². The predicted octanol–water partition coefficient (Wildman–Crippen LogP) is 3.34. The fourth-order valence-electron chi connectivity index (χ4n) is 2.80. The van der Waals surface area contributed by atoms with Crippen molar-refractivity contribution in [3.8, 4) is 5.69 Å². The Morgan fingerprint density at radius 3 is 2.12 bits per heavy atom. The molecule has 0 spiro atoms. The van der Waals surface area contributed by atoms with Gasteiger partial charge in [0.15, 0.2) is 0 Å². The maximum atomic E-state index is 13.0. The molecule has 4 heteroatoms. The summed E-state index contributed by atoms with van der Waals surface area (Å²) in [5.41, 5.74) is 9.12. The quantitative estimate of drug-likeness (QED) is 0.783. The Hall–Kier alpha value is -2.59. The Morgan fingerprint density at radius 1 is 0.958 bits per heavy atom. The standard InChI is InChI=1S/C20H23N3O/c1-15(2)19(21)18-14-22(17-11-7-4-8-12-17)20(24)23(18)13-16-9-5-3-6-10-16/h3-12,14-15,19H,13,21H2,1-2H3. The Kier molecular flexibility index (Phi) is 4.67. The molecular weight excluding hydrogens is 298 g/mol. The fraction of sp³-hybridized carbons (Fsp3) is 0.250. The van der Waals surface area contributed by atoms with E-state index in [-0.39, 0.29) is 17.6 Å². The number of para-hydroxylation sites is 1. The lowest BCUT2D eigenvalue weighted by Crippen LogP contribution is -2.28. The molecule has 1 atom stereocenters. The van der Waals surface area contributed by atoms with Crippen molar-refractivity contribution in [2.24, 2.45) is 11.7 Å². The van der Waals surface area contributed by atoms with Gasteiger partial charge in [0.2, 0.25) is 0 Å². The molecule has 3 aromatic rings. The second kappa shape index (κ2) is 6.89. The Labute approximate surface area is 142 Å². The first-order valence-electron chi connectivity index (χ1n) is 8.25. The van der Waals surface area contributed by atoms with Crippen molar-refractivity contribution in [3.05, 3.63) is 88.6 Å². The molecule has 2 N–H and O–H groups in total. The first-order chi connectivity index (χ1) is 11.6. The van der Waals surface area contributed by atoms with Crippen molar-refractivity contribution < 1.29 is 0 Å². The predicted molar refractivity (Wildman–Crippen MR) is 97.3 cm³/mol. The number of rotatable bonds is 5. The third-order valence-corrected chi connectivity index (χ3v) is 4.29. The van der Waals surface area contributed by atoms with E-state index in [4.69, 9.17) is 5.73 Å². The summed E-state index contributed by atoms with van der Waals surface area (Å²) in [7, 11) is 0. The molecule has 0 amide bonds. The van der Waals surface area contributed by atoms with Gasteiger partial charge in [0.1, 0.15) is 0 Å². The highest BCUT2D eigenvalue weighted by Crippen LogP contribution is 2.20. The molecule has 0 aliphatic carbocycles. The van der Waals surface area contributed by atoms with E-state index in [9.17, 15) is 4.79 Å². The van der Waals surface area contributed by atoms with E-state index in [0.29, 0.717) is 6.54 Å². The van der Waals surface area contributed by atoms with Gasteiger partial charge in [-0.3, -0.25) is 9.13 Å². The van der Waals surface area contributed by atoms with E-state index in [1.54, 1.807) is 9.13 Å². The van der Waals surface area contributed by atoms with E-state index in [1.807, 2.05) is 66.9 Å². The molecule has 0 aliphatic rings. The fourth-order valence-corrected chi connectivity index (χ4v) is 2.80. The number of aromatic nitrogens is 2. The third-order valence-electron chi connectivity index (χ3n) is 4.29. The molecule has 1 aromatic heterocycles. The number of nitrogens with two attached hydrogens (primary N) is 1. The SMILES string of the molecule is CC(C)C(N)c1cn(-c2ccccc2)c(=O)n1Cc1ccccc1. The van der Waals surface area contributed by atoms with E-state index < -0.39 is 0 Å². The van der Waals surface area contributed by atoms with Gasteiger partial charge in [0, 0.05) is 12.2 Å². The van der Waals surface area contributed by atoms with Crippen LogP contribution in [-0.4, -0.2) is 9.13 Å². The zero-order valence-electron chi connectivity index (χ0n) is 14.1. The van der Waals surface area contributed by atoms with Crippen LogP contribution in [0.5, 0.6) is 0 Å². The molecule has 0 radical (unpaired) electrons. The zero-order chi connectivity index (χ0) is 17.1. The van der Waals surface area contributed by atoms with Gasteiger partial charge in [0.25, 0.3) is 0 Å². The average Bonchev–Trinajstić information content (AvgIpc) is 2.92. The Morgan fingerprint density at radius 2 is 1.54 bits per heavy atom. The lowest BCUT2D eigenvalue weighted by atomic mass is 10.0. The molecular formula is C20H23N3O. The summed E-state index contributed by atoms with van der Waals surface area (Å²) in [6, 6.07) is 19.5. The third kappa shape index (κ3) is 3.19. The minimum Gasteiger partial charge on any atom is -0.322 e. The summed E-state index contributed by atoms with van der Waals surface area (Å²) < 4.78 is 3.47. The Balaban J connectivity index is 2.11. The summed E-state index contributed by atoms with van der Waals surface area (Å²) in [6.07, 6.45) is 1.88. The van der Waals surface area contributed by atoms with Gasteiger partial charge >= 0.3 is 5.69 Å². The summed E-state index contributed by atoms with van der Waals surface area (Å²) >= 11 is 0. The van der Waals surface area contributed by atoms with E-state index in [0.717, 1.165) is 16.9 Å². The van der Waals surface area contributed by atoms with Crippen molar-refractivity contribution in [1.29, 1.82) is 0 Å². The summed E-state index contributed by atoms with van der Waals surface area (Å²) in [6.45, 7) is 4.67. The number of nitrogens with zero attached hydrogens (tertiary/aromatic N) is 2. The van der Waals surface area contributed by atoms with Gasteiger partial charge in [0.05, 0.1) is 17.9 Å². The molecule has 2 aromatic carbocycles. The first-order valence-corrected chi connectivity index (χ1v) is 8.25. The van der Waals surface area contributed by atoms with Crippen LogP contribution in [-0.2, 0) is 6.54 Å². The molecule has 0 saturated carbocycles. The van der Waals surface area contributed by atoms with Crippen LogP contribution < -0.4 is 11.4 Å². The van der Waals surface area contributed by atoms with Gasteiger partial charge in [-0.1, -0.05) is 62.4 Å². The molecule has 24 heavy (non-hydrogen) atoms. The van der Waals surface area contributed by atoms with Gasteiger partial charge < -0.3 is 5.73 Å². The minimum absolute atomic E-state index is 0.0591. The van der Waals surface area contributed by atoms with Crippen LogP contribution >= 0.6 is 0 Å². The van der Waals surface area contributed by atoms with Crippen molar-refractivity contribution >= 4 is 0 Å². The van der Waals surface area contributed by atoms with Gasteiger partial charge in [-0.2, -0.15) is 0 Å². The van der Waals surface area contributed by atoms with Crippen LogP contribution in [0.4, 0.5) is 0 Å². The van der Waals surface area contributed by atoms with Crippen LogP contribution in [0, 0.1) is 5.92 Å². The van der Waals surface area contributed by atoms with Crippen LogP contribution in [0.15, 0.2) is 71.7 Å². The van der Waals surface area contributed by atoms with Crippen LogP contribution in [0.3, 0.4) is 0 Å². The number of hydrogen-bond acceptors (Lipinski definition) is 2. The molecule has 0 aliphatic heterocycles. The highest BCUT2D eigenvalue weighted by Gasteiger charge is 2.20. The number of hydrogen-bond donors (Lipinski definition) is 1. The normalized spacial score (nSPS) is 12.5. The van der Waals surface area contributed by atoms with Crippen molar-refractivity contribution in [2.75, 3.05) is 0 Å². The minimum atomic E-state index is -0.189. The van der Waals surface area contributed by atoms with E-state index in [1.165, 1.54) is 0 Å². The molecule has 0 saturated heterocycles. The Bertz CT molecular complexity index is 848. The molecule has 0 bridgehead atoms. The van der Waals surface area contributed by atoms with Crippen LogP contribution in [0.1, 0.15) is 31.1 Å². The van der Waals surface area contributed by atoms with Crippen molar-refractivity contribution in [2.45, 2.75) is 26.4 Å². The molecule has 124 valence electrons. The first kappa shape index (κ1) is 16.3. The van der Waals surface area contributed by atoms with E-state index >= 15 is 0 Å². The van der Waals surface area contributed by atoms with Crippen molar-refractivity contribution in [3.63, 3.8) is 0 Å². The molecule has 4 nitrogen and oxygen atoms in total. The summed E-state index contributed by atoms with van der Waals surface area (Å²) in [5, 5.41) is 0. The highest BCUT2D eigenvalue weighted by molar-refractivity contribution is 5.33. The van der Waals surface area contributed by atoms with E-state index in [2.05, 4.69) is 13.8 Å². The summed E-state index contributed by atoms with van der Waals surface area (Å²) in [5.74, 6) is 0.248. The molecule has 1 heterocycles. The molecule has 0 fully saturated rings. The lowest BCUT2D eigenvalue weighted by Gasteiger charge is -2.17. The largest absolute Gasteiger partial charge is 0.333 e. The van der Waals surface area contributed by atoms with Crippen molar-refractivity contribution in [1.82, 2.24) is 9.13 Å². The second-order valence-corrected chi connectivity index (χ2v) is 6.38. The number of benzene rings is 2. The maximum Gasteiger partial charge on any atom is 0.333 e. The lowest BCUT2D eigenvalue weighted by molar-refractivity contribution is 0.482. The zero-order valence-corrected chi connectivity index (χ0v) is 14.1. The summed E-state index contributed by atoms with van der Waals surface area (Å²) in [4.78, 5) is 13.0. The number of imidazole rings is 1. The van der Waals surface area contributed by atoms with Crippen LogP contribution in [0.25, 0.3) is 5.69 Å². The molecule has 3 rings (SSSR count). The van der Waals surface area contributed by atoms with Crippen LogP contribution in [0.2, 0.25) is 0 Å².